The van der Waals surface area contributed by atoms with E-state index in [1.807, 2.05) is 12.1 Å². The highest BCUT2D eigenvalue weighted by Crippen LogP contribution is 2.33. The maximum Gasteiger partial charge on any atom is 0.269 e. The summed E-state index contributed by atoms with van der Waals surface area (Å²) in [6.45, 7) is 3.86. The predicted octanol–water partition coefficient (Wildman–Crippen LogP) is 1.50. The van der Waals surface area contributed by atoms with Gasteiger partial charge in [0.25, 0.3) is 11.5 Å². The van der Waals surface area contributed by atoms with Crippen LogP contribution in [0.5, 0.6) is 0 Å². The number of piperidine rings is 1. The lowest BCUT2D eigenvalue weighted by Gasteiger charge is -2.37. The summed E-state index contributed by atoms with van der Waals surface area (Å²) in [6.07, 6.45) is 5.86. The number of aromatic amines is 1. The molecule has 2 fully saturated rings. The van der Waals surface area contributed by atoms with Crippen LogP contribution in [0.25, 0.3) is 0 Å². The molecule has 180 valence electrons. The van der Waals surface area contributed by atoms with E-state index in [9.17, 15) is 14.4 Å². The van der Waals surface area contributed by atoms with Crippen molar-refractivity contribution in [1.82, 2.24) is 20.2 Å². The van der Waals surface area contributed by atoms with Gasteiger partial charge in [-0.2, -0.15) is 0 Å². The fraction of sp³-hybridized carbons (Fsp3) is 0.520. The second-order valence-corrected chi connectivity index (χ2v) is 9.55. The predicted molar refractivity (Wildman–Crippen MR) is 131 cm³/mol. The minimum absolute atomic E-state index is 0.0466. The van der Waals surface area contributed by atoms with Crippen LogP contribution in [0.1, 0.15) is 53.3 Å². The molecule has 3 aliphatic heterocycles. The SMILES string of the molecule is CNC(=O)c1ccc(N2CCC(N3CCC(c4cc5c(c(=O)[nH]4)CCC(=O)N5C)C3)CC2)cn1. The molecule has 0 spiro atoms. The Balaban J connectivity index is 1.21. The van der Waals surface area contributed by atoms with Crippen LogP contribution in [0.15, 0.2) is 29.2 Å². The Morgan fingerprint density at radius 3 is 2.62 bits per heavy atom. The molecule has 2 N–H and O–H groups in total. The number of likely N-dealkylation sites (tertiary alicyclic amines) is 1. The van der Waals surface area contributed by atoms with Crippen molar-refractivity contribution in [1.29, 1.82) is 0 Å². The molecule has 9 heteroatoms. The maximum atomic E-state index is 12.7. The first-order valence-corrected chi connectivity index (χ1v) is 12.1. The number of anilines is 2. The first-order valence-electron chi connectivity index (χ1n) is 12.1. The van der Waals surface area contributed by atoms with E-state index >= 15 is 0 Å². The first kappa shape index (κ1) is 22.6. The number of hydrogen-bond acceptors (Lipinski definition) is 6. The van der Waals surface area contributed by atoms with E-state index in [0.29, 0.717) is 24.6 Å². The molecule has 3 aliphatic rings. The molecule has 9 nitrogen and oxygen atoms in total. The van der Waals surface area contributed by atoms with E-state index in [1.165, 1.54) is 0 Å². The highest BCUT2D eigenvalue weighted by Gasteiger charge is 2.33. The topological polar surface area (TPSA) is 102 Å². The molecule has 0 aromatic carbocycles. The number of nitrogens with zero attached hydrogens (tertiary/aromatic N) is 4. The molecule has 1 unspecified atom stereocenters. The number of carbonyl (C=O) groups excluding carboxylic acids is 2. The van der Waals surface area contributed by atoms with Crippen LogP contribution in [-0.4, -0.2) is 73.0 Å². The van der Waals surface area contributed by atoms with Crippen LogP contribution < -0.4 is 20.7 Å². The Hall–Kier alpha value is -3.20. The second kappa shape index (κ2) is 9.21. The number of hydrogen-bond donors (Lipinski definition) is 2. The van der Waals surface area contributed by atoms with Crippen LogP contribution in [0.4, 0.5) is 11.4 Å². The van der Waals surface area contributed by atoms with E-state index < -0.39 is 0 Å². The summed E-state index contributed by atoms with van der Waals surface area (Å²) < 4.78 is 0. The first-order chi connectivity index (χ1) is 16.4. The largest absolute Gasteiger partial charge is 0.370 e. The number of H-pyrrole nitrogens is 1. The Labute approximate surface area is 199 Å². The summed E-state index contributed by atoms with van der Waals surface area (Å²) in [5.41, 5.74) is 3.89. The minimum Gasteiger partial charge on any atom is -0.370 e. The Morgan fingerprint density at radius 2 is 1.91 bits per heavy atom. The summed E-state index contributed by atoms with van der Waals surface area (Å²) in [5, 5.41) is 2.60. The van der Waals surface area contributed by atoms with E-state index in [0.717, 1.165) is 68.1 Å². The number of fused-ring (bicyclic) bond motifs is 1. The lowest BCUT2D eigenvalue weighted by Crippen LogP contribution is -2.44. The van der Waals surface area contributed by atoms with Crippen LogP contribution >= 0.6 is 0 Å². The quantitative estimate of drug-likeness (QED) is 0.711. The van der Waals surface area contributed by atoms with Gasteiger partial charge < -0.3 is 20.1 Å². The lowest BCUT2D eigenvalue weighted by molar-refractivity contribution is -0.118. The zero-order valence-corrected chi connectivity index (χ0v) is 19.8. The molecule has 0 radical (unpaired) electrons. The summed E-state index contributed by atoms with van der Waals surface area (Å²) in [5.74, 6) is 0.178. The number of aromatic nitrogens is 2. The number of pyridine rings is 2. The average molecular weight is 465 g/mol. The molecule has 5 rings (SSSR count). The Kier molecular flexibility index (Phi) is 6.12. The summed E-state index contributed by atoms with van der Waals surface area (Å²) in [7, 11) is 3.37. The van der Waals surface area contributed by atoms with E-state index in [1.54, 1.807) is 31.3 Å². The monoisotopic (exact) mass is 464 g/mol. The van der Waals surface area contributed by atoms with Crippen LogP contribution in [0.2, 0.25) is 0 Å². The fourth-order valence-corrected chi connectivity index (χ4v) is 5.59. The third-order valence-electron chi connectivity index (χ3n) is 7.67. The van der Waals surface area contributed by atoms with Gasteiger partial charge in [0.2, 0.25) is 5.91 Å². The minimum atomic E-state index is -0.174. The molecule has 2 saturated heterocycles. The Morgan fingerprint density at radius 1 is 1.12 bits per heavy atom. The van der Waals surface area contributed by atoms with Crippen LogP contribution in [0.3, 0.4) is 0 Å². The highest BCUT2D eigenvalue weighted by molar-refractivity contribution is 5.95. The summed E-state index contributed by atoms with van der Waals surface area (Å²) in [4.78, 5) is 50.5. The summed E-state index contributed by atoms with van der Waals surface area (Å²) in [6, 6.07) is 6.29. The molecule has 0 aliphatic carbocycles. The summed E-state index contributed by atoms with van der Waals surface area (Å²) >= 11 is 0. The molecule has 5 heterocycles. The van der Waals surface area contributed by atoms with Crippen LogP contribution in [-0.2, 0) is 11.2 Å². The van der Waals surface area contributed by atoms with Crippen molar-refractivity contribution in [2.75, 3.05) is 50.1 Å². The van der Waals surface area contributed by atoms with Gasteiger partial charge in [-0.15, -0.1) is 0 Å². The van der Waals surface area contributed by atoms with Crippen molar-refractivity contribution in [3.63, 3.8) is 0 Å². The average Bonchev–Trinajstić information content (AvgIpc) is 3.36. The fourth-order valence-electron chi connectivity index (χ4n) is 5.59. The zero-order chi connectivity index (χ0) is 23.8. The van der Waals surface area contributed by atoms with Crippen molar-refractivity contribution in [2.24, 2.45) is 0 Å². The normalized spacial score (nSPS) is 21.6. The molecular weight excluding hydrogens is 432 g/mol. The van der Waals surface area contributed by atoms with Gasteiger partial charge in [-0.05, 0) is 50.4 Å². The molecule has 1 atom stereocenters. The number of carbonyl (C=O) groups is 2. The van der Waals surface area contributed by atoms with Crippen molar-refractivity contribution < 1.29 is 9.59 Å². The number of nitrogens with one attached hydrogen (secondary N) is 2. The molecule has 2 aromatic heterocycles. The maximum absolute atomic E-state index is 12.7. The molecule has 2 amide bonds. The molecule has 0 saturated carbocycles. The third-order valence-corrected chi connectivity index (χ3v) is 7.67. The van der Waals surface area contributed by atoms with E-state index in [-0.39, 0.29) is 23.3 Å². The van der Waals surface area contributed by atoms with Gasteiger partial charge in [0.15, 0.2) is 0 Å². The molecule has 0 bridgehead atoms. The Bertz CT molecular complexity index is 1140. The lowest BCUT2D eigenvalue weighted by atomic mass is 9.98. The third kappa shape index (κ3) is 4.20. The van der Waals surface area contributed by atoms with E-state index in [2.05, 4.69) is 25.1 Å². The standard InChI is InChI=1S/C25H32N6O3/c1-26-25(34)20-5-3-18(14-27-20)30-11-8-17(9-12-30)31-10-7-16(15-31)21-13-22-19(24(33)28-21)4-6-23(32)29(22)2/h3,5,13-14,16-17H,4,6-12,15H2,1-2H3,(H,26,34)(H,28,33). The molecular formula is C25H32N6O3. The number of amides is 2. The van der Waals surface area contributed by atoms with Crippen LogP contribution in [0, 0.1) is 0 Å². The van der Waals surface area contributed by atoms with Crippen molar-refractivity contribution in [2.45, 2.75) is 44.1 Å². The molecule has 2 aromatic rings. The van der Waals surface area contributed by atoms with Gasteiger partial charge >= 0.3 is 0 Å². The number of rotatable bonds is 4. The highest BCUT2D eigenvalue weighted by atomic mass is 16.2. The van der Waals surface area contributed by atoms with Gasteiger partial charge in [0.05, 0.1) is 17.6 Å². The van der Waals surface area contributed by atoms with Gasteiger partial charge in [-0.3, -0.25) is 19.3 Å². The van der Waals surface area contributed by atoms with Gasteiger partial charge in [-0.25, -0.2) is 4.98 Å². The van der Waals surface area contributed by atoms with Gasteiger partial charge in [-0.1, -0.05) is 0 Å². The van der Waals surface area contributed by atoms with E-state index in [4.69, 9.17) is 0 Å². The van der Waals surface area contributed by atoms with Gasteiger partial charge in [0.1, 0.15) is 5.69 Å². The van der Waals surface area contributed by atoms with Crippen molar-refractivity contribution in [3.05, 3.63) is 51.7 Å². The zero-order valence-electron chi connectivity index (χ0n) is 19.8. The van der Waals surface area contributed by atoms with Crippen molar-refractivity contribution >= 4 is 23.2 Å². The van der Waals surface area contributed by atoms with Crippen molar-refractivity contribution in [3.8, 4) is 0 Å². The molecule has 34 heavy (non-hydrogen) atoms. The van der Waals surface area contributed by atoms with Gasteiger partial charge in [0, 0.05) is 63.4 Å². The second-order valence-electron chi connectivity index (χ2n) is 9.55. The smallest absolute Gasteiger partial charge is 0.269 e.